The molecular formula is C13H19IN2OS2. The lowest BCUT2D eigenvalue weighted by Crippen LogP contribution is -2.26. The second-order valence-corrected chi connectivity index (χ2v) is 8.59. The third-order valence-corrected chi connectivity index (χ3v) is 7.47. The summed E-state index contributed by atoms with van der Waals surface area (Å²) in [7, 11) is 0. The van der Waals surface area contributed by atoms with Gasteiger partial charge in [0.1, 0.15) is 5.82 Å². The molecule has 0 saturated carbocycles. The van der Waals surface area contributed by atoms with E-state index in [2.05, 4.69) is 48.3 Å². The zero-order chi connectivity index (χ0) is 14.0. The quantitative estimate of drug-likeness (QED) is 0.771. The number of halogens is 1. The van der Waals surface area contributed by atoms with Gasteiger partial charge >= 0.3 is 0 Å². The molecule has 0 radical (unpaired) electrons. The number of hydrogen-bond acceptors (Lipinski definition) is 4. The molecule has 1 saturated heterocycles. The van der Waals surface area contributed by atoms with Crippen molar-refractivity contribution in [3.05, 3.63) is 25.4 Å². The number of thioether (sulfide) groups is 2. The molecule has 106 valence electrons. The lowest BCUT2D eigenvalue weighted by molar-refractivity contribution is 0.712. The SMILES string of the molecule is CCC1SCCSC1c1nc(C(C)C)c(I)c(=O)[nH]1. The molecular weight excluding hydrogens is 391 g/mol. The largest absolute Gasteiger partial charge is 0.309 e. The molecule has 2 unspecified atom stereocenters. The Balaban J connectivity index is 2.41. The van der Waals surface area contributed by atoms with Crippen molar-refractivity contribution >= 4 is 46.1 Å². The zero-order valence-corrected chi connectivity index (χ0v) is 15.2. The average Bonchev–Trinajstić information content (AvgIpc) is 2.41. The highest BCUT2D eigenvalue weighted by Gasteiger charge is 2.29. The van der Waals surface area contributed by atoms with E-state index < -0.39 is 0 Å². The number of hydrogen-bond donors (Lipinski definition) is 1. The van der Waals surface area contributed by atoms with Crippen molar-refractivity contribution < 1.29 is 0 Å². The number of H-pyrrole nitrogens is 1. The van der Waals surface area contributed by atoms with Gasteiger partial charge in [0.05, 0.1) is 14.5 Å². The first-order valence-corrected chi connectivity index (χ1v) is 9.75. The summed E-state index contributed by atoms with van der Waals surface area (Å²) >= 11 is 6.04. The van der Waals surface area contributed by atoms with Gasteiger partial charge in [-0.05, 0) is 34.9 Å². The molecule has 0 spiro atoms. The second-order valence-electron chi connectivity index (χ2n) is 4.91. The highest BCUT2D eigenvalue weighted by molar-refractivity contribution is 14.1. The van der Waals surface area contributed by atoms with Crippen molar-refractivity contribution in [2.45, 2.75) is 43.6 Å². The van der Waals surface area contributed by atoms with Gasteiger partial charge in [-0.25, -0.2) is 4.98 Å². The summed E-state index contributed by atoms with van der Waals surface area (Å²) in [6.45, 7) is 6.40. The van der Waals surface area contributed by atoms with Crippen molar-refractivity contribution in [1.82, 2.24) is 9.97 Å². The van der Waals surface area contributed by atoms with Crippen molar-refractivity contribution in [3.63, 3.8) is 0 Å². The predicted molar refractivity (Wildman–Crippen MR) is 93.4 cm³/mol. The molecule has 1 aromatic heterocycles. The molecule has 1 aromatic rings. The zero-order valence-electron chi connectivity index (χ0n) is 11.4. The molecule has 3 nitrogen and oxygen atoms in total. The molecule has 0 aliphatic carbocycles. The predicted octanol–water partition coefficient (Wildman–Crippen LogP) is 3.80. The third-order valence-electron chi connectivity index (χ3n) is 3.18. The Morgan fingerprint density at radius 3 is 2.74 bits per heavy atom. The fourth-order valence-electron chi connectivity index (χ4n) is 2.17. The molecule has 0 aromatic carbocycles. The monoisotopic (exact) mass is 410 g/mol. The van der Waals surface area contributed by atoms with Crippen LogP contribution in [0.4, 0.5) is 0 Å². The Kier molecular flexibility index (Phi) is 5.65. The van der Waals surface area contributed by atoms with Gasteiger partial charge in [-0.3, -0.25) is 4.79 Å². The Bertz CT molecular complexity index is 504. The van der Waals surface area contributed by atoms with Gasteiger partial charge in [-0.15, -0.1) is 11.8 Å². The summed E-state index contributed by atoms with van der Waals surface area (Å²) in [5, 5.41) is 0.882. The molecule has 0 bridgehead atoms. The van der Waals surface area contributed by atoms with Gasteiger partial charge in [0.25, 0.3) is 5.56 Å². The molecule has 1 aliphatic rings. The van der Waals surface area contributed by atoms with Crippen LogP contribution >= 0.6 is 46.1 Å². The van der Waals surface area contributed by atoms with Crippen molar-refractivity contribution in [2.24, 2.45) is 0 Å². The number of aromatic nitrogens is 2. The molecule has 1 aliphatic heterocycles. The molecule has 6 heteroatoms. The van der Waals surface area contributed by atoms with Gasteiger partial charge in [-0.1, -0.05) is 20.8 Å². The van der Waals surface area contributed by atoms with Crippen LogP contribution in [-0.4, -0.2) is 26.7 Å². The van der Waals surface area contributed by atoms with E-state index in [0.717, 1.165) is 27.3 Å². The highest BCUT2D eigenvalue weighted by atomic mass is 127. The van der Waals surface area contributed by atoms with Crippen LogP contribution in [0.2, 0.25) is 0 Å². The minimum absolute atomic E-state index is 0.0142. The molecule has 2 heterocycles. The van der Waals surface area contributed by atoms with Crippen LogP contribution in [0.15, 0.2) is 4.79 Å². The summed E-state index contributed by atoms with van der Waals surface area (Å²) in [6.07, 6.45) is 1.12. The lowest BCUT2D eigenvalue weighted by atomic mass is 10.1. The van der Waals surface area contributed by atoms with Crippen molar-refractivity contribution in [3.8, 4) is 0 Å². The molecule has 1 fully saturated rings. The van der Waals surface area contributed by atoms with E-state index >= 15 is 0 Å². The Labute approximate surface area is 136 Å². The summed E-state index contributed by atoms with van der Waals surface area (Å²) in [6, 6.07) is 0. The molecule has 2 rings (SSSR count). The van der Waals surface area contributed by atoms with E-state index in [-0.39, 0.29) is 11.5 Å². The summed E-state index contributed by atoms with van der Waals surface area (Å²) < 4.78 is 0.734. The minimum atomic E-state index is 0.0142. The highest BCUT2D eigenvalue weighted by Crippen LogP contribution is 2.42. The van der Waals surface area contributed by atoms with Crippen LogP contribution in [0.3, 0.4) is 0 Å². The maximum Gasteiger partial charge on any atom is 0.264 e. The number of nitrogens with zero attached hydrogens (tertiary/aromatic N) is 1. The van der Waals surface area contributed by atoms with Crippen LogP contribution in [0.5, 0.6) is 0 Å². The van der Waals surface area contributed by atoms with Gasteiger partial charge in [0.15, 0.2) is 0 Å². The Morgan fingerprint density at radius 1 is 1.42 bits per heavy atom. The fourth-order valence-corrected chi connectivity index (χ4v) is 6.06. The van der Waals surface area contributed by atoms with Gasteiger partial charge in [0, 0.05) is 16.8 Å². The van der Waals surface area contributed by atoms with Crippen LogP contribution in [0, 0.1) is 3.57 Å². The van der Waals surface area contributed by atoms with Crippen molar-refractivity contribution in [2.75, 3.05) is 11.5 Å². The van der Waals surface area contributed by atoms with Crippen molar-refractivity contribution in [1.29, 1.82) is 0 Å². The number of aromatic amines is 1. The van der Waals surface area contributed by atoms with Crippen LogP contribution in [0.1, 0.15) is 49.9 Å². The van der Waals surface area contributed by atoms with Crippen LogP contribution in [-0.2, 0) is 0 Å². The smallest absolute Gasteiger partial charge is 0.264 e. The maximum absolute atomic E-state index is 12.1. The molecule has 2 atom stereocenters. The fraction of sp³-hybridized carbons (Fsp3) is 0.692. The first-order chi connectivity index (χ1) is 9.04. The number of nitrogens with one attached hydrogen (secondary N) is 1. The maximum atomic E-state index is 12.1. The topological polar surface area (TPSA) is 45.8 Å². The third kappa shape index (κ3) is 3.50. The Hall–Kier alpha value is 0.310. The van der Waals surface area contributed by atoms with Gasteiger partial charge < -0.3 is 4.98 Å². The average molecular weight is 410 g/mol. The Morgan fingerprint density at radius 2 is 2.11 bits per heavy atom. The van der Waals surface area contributed by atoms with Gasteiger partial charge in [-0.2, -0.15) is 11.8 Å². The lowest BCUT2D eigenvalue weighted by Gasteiger charge is -2.29. The standard InChI is InChI=1S/C13H19IN2OS2/c1-4-8-11(19-6-5-18-8)12-15-10(7(2)3)9(14)13(17)16-12/h7-8,11H,4-6H2,1-3H3,(H,15,16,17). The van der Waals surface area contributed by atoms with Crippen LogP contribution in [0.25, 0.3) is 0 Å². The molecule has 1 N–H and O–H groups in total. The van der Waals surface area contributed by atoms with E-state index in [9.17, 15) is 4.79 Å². The first-order valence-electron chi connectivity index (χ1n) is 6.57. The van der Waals surface area contributed by atoms with Gasteiger partial charge in [0.2, 0.25) is 0 Å². The van der Waals surface area contributed by atoms with E-state index in [1.165, 1.54) is 5.75 Å². The summed E-state index contributed by atoms with van der Waals surface area (Å²) in [4.78, 5) is 19.8. The van der Waals surface area contributed by atoms with E-state index in [0.29, 0.717) is 10.5 Å². The van der Waals surface area contributed by atoms with E-state index in [1.54, 1.807) is 0 Å². The number of rotatable bonds is 3. The summed E-state index contributed by atoms with van der Waals surface area (Å²) in [5.74, 6) is 3.50. The van der Waals surface area contributed by atoms with E-state index in [1.807, 2.05) is 23.5 Å². The first kappa shape index (κ1) is 15.7. The molecule has 0 amide bonds. The molecule has 19 heavy (non-hydrogen) atoms. The van der Waals surface area contributed by atoms with E-state index in [4.69, 9.17) is 4.98 Å². The second kappa shape index (κ2) is 6.85. The normalized spacial score (nSPS) is 23.8. The minimum Gasteiger partial charge on any atom is -0.309 e. The van der Waals surface area contributed by atoms with Crippen LogP contribution < -0.4 is 5.56 Å². The summed E-state index contributed by atoms with van der Waals surface area (Å²) in [5.41, 5.74) is 0.950.